The average molecular weight is 447 g/mol. The Morgan fingerprint density at radius 1 is 1.00 bits per heavy atom. The second-order valence-electron chi connectivity index (χ2n) is 9.04. The van der Waals surface area contributed by atoms with Crippen molar-refractivity contribution >= 4 is 34.4 Å². The maximum Gasteiger partial charge on any atom is 0.319 e. The Balaban J connectivity index is 1.34. The lowest BCUT2D eigenvalue weighted by Gasteiger charge is -2.30. The summed E-state index contributed by atoms with van der Waals surface area (Å²) >= 11 is 0. The first-order valence-corrected chi connectivity index (χ1v) is 11.8. The average Bonchev–Trinajstić information content (AvgIpc) is 2.81. The van der Waals surface area contributed by atoms with Gasteiger partial charge in [-0.1, -0.05) is 37.3 Å². The first-order valence-electron chi connectivity index (χ1n) is 11.8. The maximum absolute atomic E-state index is 12.6. The Bertz CT molecular complexity index is 1120. The molecule has 0 bridgehead atoms. The van der Waals surface area contributed by atoms with Gasteiger partial charge in [-0.25, -0.2) is 9.78 Å². The highest BCUT2D eigenvalue weighted by molar-refractivity contribution is 5.91. The van der Waals surface area contributed by atoms with Crippen LogP contribution in [0.15, 0.2) is 42.5 Å². The molecule has 0 radical (unpaired) electrons. The van der Waals surface area contributed by atoms with Crippen molar-refractivity contribution in [1.82, 2.24) is 15.3 Å². The van der Waals surface area contributed by atoms with E-state index < -0.39 is 0 Å². The number of aromatic nitrogens is 2. The van der Waals surface area contributed by atoms with Gasteiger partial charge in [0.15, 0.2) is 0 Å². The van der Waals surface area contributed by atoms with Crippen LogP contribution in [0.5, 0.6) is 0 Å². The number of carbonyl (C=O) groups excluding carboxylic acids is 1. The van der Waals surface area contributed by atoms with Crippen molar-refractivity contribution in [2.75, 3.05) is 29.6 Å². The molecule has 3 N–H and O–H groups in total. The number of rotatable bonds is 6. The fraction of sp³-hybridized carbons (Fsp3) is 0.423. The molecule has 2 aromatic carbocycles. The van der Waals surface area contributed by atoms with Crippen LogP contribution in [0.3, 0.4) is 0 Å². The van der Waals surface area contributed by atoms with E-state index in [4.69, 9.17) is 9.97 Å². The molecule has 1 fully saturated rings. The van der Waals surface area contributed by atoms with Crippen LogP contribution in [0, 0.1) is 6.92 Å². The molecule has 1 aromatic heterocycles. The standard InChI is InChI=1S/C26H34N6O/c1-5-18-10-8-9-17(2)23(18)30-26(33)28-20-15-13-19(14-16-20)27-25-29-22-12-7-6-11-21(22)24(31-25)32(3)4/h6-12,19-20H,5,13-16H2,1-4H3,(H,27,29,31)(H2,28,30,33). The third kappa shape index (κ3) is 5.35. The van der Waals surface area contributed by atoms with E-state index in [1.807, 2.05) is 56.3 Å². The lowest BCUT2D eigenvalue weighted by Crippen LogP contribution is -2.42. The molecule has 0 unspecified atom stereocenters. The summed E-state index contributed by atoms with van der Waals surface area (Å²) in [5.74, 6) is 1.58. The number of hydrogen-bond acceptors (Lipinski definition) is 5. The van der Waals surface area contributed by atoms with Gasteiger partial charge < -0.3 is 20.9 Å². The minimum Gasteiger partial charge on any atom is -0.362 e. The maximum atomic E-state index is 12.6. The van der Waals surface area contributed by atoms with Crippen LogP contribution in [0.2, 0.25) is 0 Å². The summed E-state index contributed by atoms with van der Waals surface area (Å²) in [4.78, 5) is 24.1. The third-order valence-corrected chi connectivity index (χ3v) is 6.38. The van der Waals surface area contributed by atoms with E-state index in [-0.39, 0.29) is 12.1 Å². The summed E-state index contributed by atoms with van der Waals surface area (Å²) < 4.78 is 0. The van der Waals surface area contributed by atoms with E-state index in [1.54, 1.807) is 0 Å². The van der Waals surface area contributed by atoms with Gasteiger partial charge in [0.05, 0.1) is 5.52 Å². The summed E-state index contributed by atoms with van der Waals surface area (Å²) in [6, 6.07) is 14.6. The number of hydrogen-bond donors (Lipinski definition) is 3. The number of fused-ring (bicyclic) bond motifs is 1. The molecule has 1 saturated carbocycles. The van der Waals surface area contributed by atoms with E-state index in [2.05, 4.69) is 35.0 Å². The number of aryl methyl sites for hydroxylation is 2. The minimum absolute atomic E-state index is 0.121. The monoisotopic (exact) mass is 446 g/mol. The fourth-order valence-electron chi connectivity index (χ4n) is 4.57. The van der Waals surface area contributed by atoms with Crippen LogP contribution >= 0.6 is 0 Å². The molecule has 2 amide bonds. The van der Waals surface area contributed by atoms with Crippen molar-refractivity contribution in [3.8, 4) is 0 Å². The summed E-state index contributed by atoms with van der Waals surface area (Å²) in [6.07, 6.45) is 4.66. The van der Waals surface area contributed by atoms with E-state index in [0.717, 1.165) is 65.6 Å². The predicted molar refractivity (Wildman–Crippen MR) is 136 cm³/mol. The van der Waals surface area contributed by atoms with Crippen LogP contribution < -0.4 is 20.9 Å². The molecule has 33 heavy (non-hydrogen) atoms. The lowest BCUT2D eigenvalue weighted by atomic mass is 9.91. The van der Waals surface area contributed by atoms with Crippen LogP contribution in [0.25, 0.3) is 10.9 Å². The van der Waals surface area contributed by atoms with E-state index in [0.29, 0.717) is 12.0 Å². The number of para-hydroxylation sites is 2. The minimum atomic E-state index is -0.121. The quantitative estimate of drug-likeness (QED) is 0.490. The van der Waals surface area contributed by atoms with Crippen LogP contribution in [0.4, 0.5) is 22.2 Å². The van der Waals surface area contributed by atoms with Gasteiger partial charge in [0.1, 0.15) is 5.82 Å². The van der Waals surface area contributed by atoms with Gasteiger partial charge in [0, 0.05) is 37.3 Å². The smallest absolute Gasteiger partial charge is 0.319 e. The Kier molecular flexibility index (Phi) is 6.96. The Morgan fingerprint density at radius 2 is 1.73 bits per heavy atom. The summed E-state index contributed by atoms with van der Waals surface area (Å²) in [5, 5.41) is 10.8. The molecule has 0 atom stereocenters. The molecule has 174 valence electrons. The van der Waals surface area contributed by atoms with E-state index >= 15 is 0 Å². The molecule has 0 saturated heterocycles. The van der Waals surface area contributed by atoms with Crippen LogP contribution in [-0.2, 0) is 6.42 Å². The fourth-order valence-corrected chi connectivity index (χ4v) is 4.57. The third-order valence-electron chi connectivity index (χ3n) is 6.38. The zero-order valence-corrected chi connectivity index (χ0v) is 20.0. The zero-order valence-electron chi connectivity index (χ0n) is 20.0. The zero-order chi connectivity index (χ0) is 23.4. The van der Waals surface area contributed by atoms with Crippen molar-refractivity contribution in [1.29, 1.82) is 0 Å². The molecule has 3 aromatic rings. The molecule has 4 rings (SSSR count). The van der Waals surface area contributed by atoms with E-state index in [1.165, 1.54) is 0 Å². The topological polar surface area (TPSA) is 82.2 Å². The van der Waals surface area contributed by atoms with Gasteiger partial charge >= 0.3 is 6.03 Å². The molecular weight excluding hydrogens is 412 g/mol. The van der Waals surface area contributed by atoms with Gasteiger partial charge in [-0.2, -0.15) is 4.98 Å². The molecule has 1 aliphatic rings. The summed E-state index contributed by atoms with van der Waals surface area (Å²) in [6.45, 7) is 4.13. The Hall–Kier alpha value is -3.35. The number of nitrogens with one attached hydrogen (secondary N) is 3. The molecule has 0 aliphatic heterocycles. The van der Waals surface area contributed by atoms with Crippen molar-refractivity contribution in [2.45, 2.75) is 58.0 Å². The van der Waals surface area contributed by atoms with Crippen molar-refractivity contribution in [2.24, 2.45) is 0 Å². The molecule has 1 aliphatic carbocycles. The molecule has 0 spiro atoms. The highest BCUT2D eigenvalue weighted by Gasteiger charge is 2.24. The van der Waals surface area contributed by atoms with Crippen molar-refractivity contribution < 1.29 is 4.79 Å². The van der Waals surface area contributed by atoms with Gasteiger partial charge in [-0.3, -0.25) is 0 Å². The summed E-state index contributed by atoms with van der Waals surface area (Å²) in [5.41, 5.74) is 4.11. The first-order chi connectivity index (χ1) is 15.9. The van der Waals surface area contributed by atoms with E-state index in [9.17, 15) is 4.79 Å². The Labute approximate surface area is 196 Å². The summed E-state index contributed by atoms with van der Waals surface area (Å²) in [7, 11) is 4.00. The van der Waals surface area contributed by atoms with Crippen molar-refractivity contribution in [3.63, 3.8) is 0 Å². The number of amides is 2. The number of anilines is 3. The first kappa shape index (κ1) is 22.8. The second-order valence-corrected chi connectivity index (χ2v) is 9.04. The lowest BCUT2D eigenvalue weighted by molar-refractivity contribution is 0.243. The van der Waals surface area contributed by atoms with Gasteiger partial charge in [0.25, 0.3) is 0 Å². The molecule has 1 heterocycles. The number of nitrogens with zero attached hydrogens (tertiary/aromatic N) is 3. The van der Waals surface area contributed by atoms with Gasteiger partial charge in [-0.05, 0) is 62.3 Å². The normalized spacial score (nSPS) is 18.1. The van der Waals surface area contributed by atoms with Crippen LogP contribution in [0.1, 0.15) is 43.7 Å². The number of benzene rings is 2. The molecule has 7 nitrogen and oxygen atoms in total. The number of urea groups is 1. The SMILES string of the molecule is CCc1cccc(C)c1NC(=O)NC1CCC(Nc2nc(N(C)C)c3ccccc3n2)CC1. The highest BCUT2D eigenvalue weighted by Crippen LogP contribution is 2.27. The number of carbonyl (C=O) groups is 1. The van der Waals surface area contributed by atoms with Crippen LogP contribution in [-0.4, -0.2) is 42.2 Å². The highest BCUT2D eigenvalue weighted by atomic mass is 16.2. The predicted octanol–water partition coefficient (Wildman–Crippen LogP) is 5.11. The Morgan fingerprint density at radius 3 is 2.45 bits per heavy atom. The largest absolute Gasteiger partial charge is 0.362 e. The molecule has 7 heteroatoms. The van der Waals surface area contributed by atoms with Gasteiger partial charge in [-0.15, -0.1) is 0 Å². The van der Waals surface area contributed by atoms with Crippen molar-refractivity contribution in [3.05, 3.63) is 53.6 Å². The second kappa shape index (κ2) is 10.1. The molecular formula is C26H34N6O. The van der Waals surface area contributed by atoms with Gasteiger partial charge in [0.2, 0.25) is 5.95 Å².